The summed E-state index contributed by atoms with van der Waals surface area (Å²) in [5, 5.41) is 4.75. The lowest BCUT2D eigenvalue weighted by molar-refractivity contribution is -0.135. The Morgan fingerprint density at radius 3 is 2.64 bits per heavy atom. The Labute approximate surface area is 127 Å². The quantitative estimate of drug-likeness (QED) is 0.701. The molecule has 1 unspecified atom stereocenters. The average Bonchev–Trinajstić information content (AvgIpc) is 2.81. The van der Waals surface area contributed by atoms with Crippen LogP contribution in [0.4, 0.5) is 0 Å². The average molecular weight is 292 g/mol. The molecule has 4 rings (SSSR count). The molecular formula is C18H16N2O2. The SMILES string of the molecule is Cc1ccc2c3ccccc3n(C3CCC(=O)NC3=O)c2c1. The molecule has 0 radical (unpaired) electrons. The number of piperidine rings is 1. The van der Waals surface area contributed by atoms with Gasteiger partial charge < -0.3 is 4.57 Å². The van der Waals surface area contributed by atoms with Crippen LogP contribution in [0.15, 0.2) is 42.5 Å². The lowest BCUT2D eigenvalue weighted by Gasteiger charge is -2.24. The second-order valence-electron chi connectivity index (χ2n) is 5.87. The summed E-state index contributed by atoms with van der Waals surface area (Å²) in [7, 11) is 0. The smallest absolute Gasteiger partial charge is 0.249 e. The molecule has 2 amide bonds. The summed E-state index contributed by atoms with van der Waals surface area (Å²) in [6.07, 6.45) is 0.933. The number of nitrogens with one attached hydrogen (secondary N) is 1. The van der Waals surface area contributed by atoms with Crippen LogP contribution in [0.2, 0.25) is 0 Å². The first-order valence-electron chi connectivity index (χ1n) is 7.48. The van der Waals surface area contributed by atoms with Crippen molar-refractivity contribution in [3.8, 4) is 0 Å². The summed E-state index contributed by atoms with van der Waals surface area (Å²) in [5.74, 6) is -0.390. The number of benzene rings is 2. The van der Waals surface area contributed by atoms with E-state index in [9.17, 15) is 9.59 Å². The van der Waals surface area contributed by atoms with Crippen LogP contribution in [0.3, 0.4) is 0 Å². The standard InChI is InChI=1S/C18H16N2O2/c1-11-6-7-13-12-4-2-3-5-14(12)20(16(13)10-11)15-8-9-17(21)19-18(15)22/h2-7,10,15H,8-9H2,1H3,(H,19,21,22). The van der Waals surface area contributed by atoms with E-state index in [0.717, 1.165) is 27.4 Å². The van der Waals surface area contributed by atoms with Crippen molar-refractivity contribution in [2.24, 2.45) is 0 Å². The number of carbonyl (C=O) groups excluding carboxylic acids is 2. The van der Waals surface area contributed by atoms with E-state index in [2.05, 4.69) is 34.1 Å². The van der Waals surface area contributed by atoms with Crippen LogP contribution in [0.25, 0.3) is 21.8 Å². The van der Waals surface area contributed by atoms with Crippen molar-refractivity contribution in [2.45, 2.75) is 25.8 Å². The summed E-state index contributed by atoms with van der Waals surface area (Å²) in [5.41, 5.74) is 3.25. The minimum Gasteiger partial charge on any atom is -0.328 e. The highest BCUT2D eigenvalue weighted by Crippen LogP contribution is 2.34. The monoisotopic (exact) mass is 292 g/mol. The lowest BCUT2D eigenvalue weighted by atomic mass is 10.1. The highest BCUT2D eigenvalue weighted by Gasteiger charge is 2.30. The van der Waals surface area contributed by atoms with Crippen molar-refractivity contribution in [1.29, 1.82) is 0 Å². The Morgan fingerprint density at radius 2 is 1.82 bits per heavy atom. The Bertz CT molecular complexity index is 923. The predicted octanol–water partition coefficient (Wildman–Crippen LogP) is 3.08. The van der Waals surface area contributed by atoms with Gasteiger partial charge in [0, 0.05) is 22.7 Å². The molecule has 4 heteroatoms. The van der Waals surface area contributed by atoms with E-state index in [1.54, 1.807) is 0 Å². The van der Waals surface area contributed by atoms with Crippen molar-refractivity contribution in [1.82, 2.24) is 9.88 Å². The predicted molar refractivity (Wildman–Crippen MR) is 85.6 cm³/mol. The van der Waals surface area contributed by atoms with Crippen molar-refractivity contribution >= 4 is 33.6 Å². The van der Waals surface area contributed by atoms with Gasteiger partial charge >= 0.3 is 0 Å². The third-order valence-corrected chi connectivity index (χ3v) is 4.39. The van der Waals surface area contributed by atoms with Crippen LogP contribution in [-0.2, 0) is 9.59 Å². The minimum atomic E-state index is -0.332. The van der Waals surface area contributed by atoms with Gasteiger partial charge in [0.2, 0.25) is 11.8 Å². The van der Waals surface area contributed by atoms with Crippen LogP contribution in [-0.4, -0.2) is 16.4 Å². The molecule has 4 nitrogen and oxygen atoms in total. The van der Waals surface area contributed by atoms with Gasteiger partial charge in [-0.3, -0.25) is 14.9 Å². The highest BCUT2D eigenvalue weighted by molar-refractivity contribution is 6.10. The third-order valence-electron chi connectivity index (χ3n) is 4.39. The van der Waals surface area contributed by atoms with Gasteiger partial charge in [0.1, 0.15) is 6.04 Å². The molecule has 3 aromatic rings. The summed E-state index contributed by atoms with van der Waals surface area (Å²) < 4.78 is 2.08. The van der Waals surface area contributed by atoms with E-state index in [1.165, 1.54) is 0 Å². The molecule has 1 saturated heterocycles. The summed E-state index contributed by atoms with van der Waals surface area (Å²) in [4.78, 5) is 23.8. The number of fused-ring (bicyclic) bond motifs is 3. The zero-order valence-electron chi connectivity index (χ0n) is 12.3. The maximum Gasteiger partial charge on any atom is 0.249 e. The number of nitrogens with zero attached hydrogens (tertiary/aromatic N) is 1. The Balaban J connectivity index is 2.04. The maximum atomic E-state index is 12.3. The van der Waals surface area contributed by atoms with E-state index < -0.39 is 0 Å². The number of imide groups is 1. The molecule has 1 N–H and O–H groups in total. The molecule has 1 aliphatic rings. The molecule has 1 aliphatic heterocycles. The van der Waals surface area contributed by atoms with Crippen molar-refractivity contribution in [3.05, 3.63) is 48.0 Å². The molecule has 1 atom stereocenters. The number of hydrogen-bond acceptors (Lipinski definition) is 2. The molecule has 1 fully saturated rings. The molecular weight excluding hydrogens is 276 g/mol. The Morgan fingerprint density at radius 1 is 1.05 bits per heavy atom. The molecule has 1 aromatic heterocycles. The molecule has 2 heterocycles. The van der Waals surface area contributed by atoms with Gasteiger partial charge in [-0.2, -0.15) is 0 Å². The fourth-order valence-corrected chi connectivity index (χ4v) is 3.37. The van der Waals surface area contributed by atoms with Crippen molar-refractivity contribution in [3.63, 3.8) is 0 Å². The zero-order chi connectivity index (χ0) is 15.3. The fourth-order valence-electron chi connectivity index (χ4n) is 3.37. The lowest BCUT2D eigenvalue weighted by Crippen LogP contribution is -2.41. The maximum absolute atomic E-state index is 12.3. The van der Waals surface area contributed by atoms with Crippen LogP contribution < -0.4 is 5.32 Å². The van der Waals surface area contributed by atoms with Gasteiger partial charge in [-0.05, 0) is 31.0 Å². The largest absolute Gasteiger partial charge is 0.328 e. The zero-order valence-corrected chi connectivity index (χ0v) is 12.3. The van der Waals surface area contributed by atoms with Gasteiger partial charge in [-0.1, -0.05) is 30.3 Å². The van der Waals surface area contributed by atoms with Gasteiger partial charge in [0.15, 0.2) is 0 Å². The van der Waals surface area contributed by atoms with Gasteiger partial charge in [-0.25, -0.2) is 0 Å². The first kappa shape index (κ1) is 13.1. The number of aryl methyl sites for hydroxylation is 1. The number of para-hydroxylation sites is 1. The number of hydrogen-bond donors (Lipinski definition) is 1. The van der Waals surface area contributed by atoms with Gasteiger partial charge in [0.05, 0.1) is 5.52 Å². The first-order chi connectivity index (χ1) is 10.6. The highest BCUT2D eigenvalue weighted by atomic mass is 16.2. The van der Waals surface area contributed by atoms with Gasteiger partial charge in [-0.15, -0.1) is 0 Å². The van der Waals surface area contributed by atoms with E-state index in [1.807, 2.05) is 25.1 Å². The van der Waals surface area contributed by atoms with E-state index >= 15 is 0 Å². The second kappa shape index (κ2) is 4.70. The molecule has 0 bridgehead atoms. The molecule has 22 heavy (non-hydrogen) atoms. The fraction of sp³-hybridized carbons (Fsp3) is 0.222. The molecule has 0 spiro atoms. The van der Waals surface area contributed by atoms with E-state index in [-0.39, 0.29) is 17.9 Å². The number of rotatable bonds is 1. The Kier molecular flexibility index (Phi) is 2.79. The Hall–Kier alpha value is -2.62. The summed E-state index contributed by atoms with van der Waals surface area (Å²) >= 11 is 0. The van der Waals surface area contributed by atoms with Crippen molar-refractivity contribution < 1.29 is 9.59 Å². The van der Waals surface area contributed by atoms with Crippen molar-refractivity contribution in [2.75, 3.05) is 0 Å². The van der Waals surface area contributed by atoms with E-state index in [0.29, 0.717) is 12.8 Å². The first-order valence-corrected chi connectivity index (χ1v) is 7.48. The topological polar surface area (TPSA) is 51.1 Å². The van der Waals surface area contributed by atoms with Crippen LogP contribution in [0.5, 0.6) is 0 Å². The van der Waals surface area contributed by atoms with Crippen LogP contribution in [0, 0.1) is 6.92 Å². The van der Waals surface area contributed by atoms with Crippen LogP contribution >= 0.6 is 0 Å². The molecule has 0 saturated carbocycles. The molecule has 0 aliphatic carbocycles. The second-order valence-corrected chi connectivity index (χ2v) is 5.87. The normalized spacial score (nSPS) is 18.9. The summed E-state index contributed by atoms with van der Waals surface area (Å²) in [6, 6.07) is 14.1. The molecule has 110 valence electrons. The number of aromatic nitrogens is 1. The van der Waals surface area contributed by atoms with E-state index in [4.69, 9.17) is 0 Å². The molecule has 2 aromatic carbocycles. The number of amides is 2. The van der Waals surface area contributed by atoms with Gasteiger partial charge in [0.25, 0.3) is 0 Å². The summed E-state index contributed by atoms with van der Waals surface area (Å²) in [6.45, 7) is 2.05. The number of carbonyl (C=O) groups is 2. The minimum absolute atomic E-state index is 0.182. The van der Waals surface area contributed by atoms with Crippen LogP contribution in [0.1, 0.15) is 24.4 Å². The third kappa shape index (κ3) is 1.84.